The molecule has 1 saturated carbocycles. The van der Waals surface area contributed by atoms with E-state index in [9.17, 15) is 14.4 Å². The first-order valence-corrected chi connectivity index (χ1v) is 11.1. The number of hydrogen-bond donors (Lipinski definition) is 1. The molecule has 3 aliphatic carbocycles. The first-order valence-electron chi connectivity index (χ1n) is 10.7. The lowest BCUT2D eigenvalue weighted by Crippen LogP contribution is -2.49. The Hall–Kier alpha value is -2.92. The standard InChI is InChI=1S/C25H23ClN2O3/c26-18-10-12-19(13-11-18)27-23(29)20(14-15-4-2-1-3-5-15)28-24(30)21-16-6-7-17(9-8-16)22(21)25(28)31/h1-7,10-13,16-17,20-22H,8-9,14H2,(H,27,29)/t16-,17-,20-,21-,22+/m0/s1. The Morgan fingerprint density at radius 1 is 0.935 bits per heavy atom. The predicted molar refractivity (Wildman–Crippen MR) is 118 cm³/mol. The van der Waals surface area contributed by atoms with Crippen LogP contribution >= 0.6 is 11.6 Å². The average molecular weight is 435 g/mol. The first-order chi connectivity index (χ1) is 15.0. The van der Waals surface area contributed by atoms with Gasteiger partial charge in [0.2, 0.25) is 17.7 Å². The van der Waals surface area contributed by atoms with Crippen molar-refractivity contribution in [2.75, 3.05) is 5.32 Å². The molecule has 0 unspecified atom stereocenters. The second-order valence-corrected chi connectivity index (χ2v) is 9.03. The van der Waals surface area contributed by atoms with Crippen LogP contribution in [0.1, 0.15) is 18.4 Å². The Kier molecular flexibility index (Phi) is 5.14. The number of nitrogens with zero attached hydrogens (tertiary/aromatic N) is 1. The fraction of sp³-hybridized carbons (Fsp3) is 0.320. The summed E-state index contributed by atoms with van der Waals surface area (Å²) in [6, 6.07) is 15.4. The number of imide groups is 1. The summed E-state index contributed by atoms with van der Waals surface area (Å²) in [5.74, 6) is -1.27. The SMILES string of the molecule is O=C(Nc1ccc(Cl)cc1)[C@H](Cc1ccccc1)N1C(=O)[C@@H]2[C@H](C1=O)[C@H]1C=C[C@H]2CC1. The largest absolute Gasteiger partial charge is 0.324 e. The highest BCUT2D eigenvalue weighted by molar-refractivity contribution is 6.30. The number of halogens is 1. The summed E-state index contributed by atoms with van der Waals surface area (Å²) in [6.07, 6.45) is 6.30. The number of fused-ring (bicyclic) bond motifs is 1. The van der Waals surface area contributed by atoms with Gasteiger partial charge in [-0.3, -0.25) is 19.3 Å². The molecular weight excluding hydrogens is 412 g/mol. The molecular formula is C25H23ClN2O3. The van der Waals surface area contributed by atoms with E-state index in [4.69, 9.17) is 11.6 Å². The molecule has 0 radical (unpaired) electrons. The summed E-state index contributed by atoms with van der Waals surface area (Å²) in [4.78, 5) is 41.5. The van der Waals surface area contributed by atoms with Crippen molar-refractivity contribution in [3.05, 3.63) is 77.3 Å². The van der Waals surface area contributed by atoms with Crippen molar-refractivity contribution in [1.29, 1.82) is 0 Å². The number of hydrogen-bond acceptors (Lipinski definition) is 3. The van der Waals surface area contributed by atoms with Crippen molar-refractivity contribution < 1.29 is 14.4 Å². The van der Waals surface area contributed by atoms with Crippen LogP contribution in [0.2, 0.25) is 5.02 Å². The van der Waals surface area contributed by atoms with E-state index in [1.807, 2.05) is 30.3 Å². The minimum atomic E-state index is -0.900. The molecule has 31 heavy (non-hydrogen) atoms. The van der Waals surface area contributed by atoms with Crippen LogP contribution in [-0.4, -0.2) is 28.7 Å². The fourth-order valence-corrected chi connectivity index (χ4v) is 5.43. The molecule has 2 bridgehead atoms. The summed E-state index contributed by atoms with van der Waals surface area (Å²) in [5, 5.41) is 3.43. The maximum Gasteiger partial charge on any atom is 0.248 e. The van der Waals surface area contributed by atoms with E-state index in [2.05, 4.69) is 17.5 Å². The van der Waals surface area contributed by atoms with Crippen LogP contribution in [0.15, 0.2) is 66.7 Å². The van der Waals surface area contributed by atoms with Crippen LogP contribution < -0.4 is 5.32 Å². The van der Waals surface area contributed by atoms with E-state index in [1.54, 1.807) is 24.3 Å². The minimum Gasteiger partial charge on any atom is -0.324 e. The lowest BCUT2D eigenvalue weighted by molar-refractivity contribution is -0.146. The second kappa shape index (κ2) is 7.97. The van der Waals surface area contributed by atoms with Gasteiger partial charge in [0, 0.05) is 17.1 Å². The first kappa shape index (κ1) is 20.0. The molecule has 1 aliphatic heterocycles. The van der Waals surface area contributed by atoms with E-state index in [0.29, 0.717) is 10.7 Å². The van der Waals surface area contributed by atoms with Crippen LogP contribution in [0.25, 0.3) is 0 Å². The zero-order chi connectivity index (χ0) is 21.5. The van der Waals surface area contributed by atoms with Gasteiger partial charge in [-0.15, -0.1) is 0 Å². The highest BCUT2D eigenvalue weighted by atomic mass is 35.5. The molecule has 1 saturated heterocycles. The number of allylic oxidation sites excluding steroid dienone is 2. The van der Waals surface area contributed by atoms with Gasteiger partial charge in [-0.2, -0.15) is 0 Å². The van der Waals surface area contributed by atoms with Crippen molar-refractivity contribution in [2.24, 2.45) is 23.7 Å². The number of likely N-dealkylation sites (tertiary alicyclic amines) is 1. The molecule has 2 fully saturated rings. The minimum absolute atomic E-state index is 0.0909. The van der Waals surface area contributed by atoms with Gasteiger partial charge in [-0.05, 0) is 54.5 Å². The molecule has 3 amide bonds. The third kappa shape index (κ3) is 3.57. The maximum absolute atomic E-state index is 13.4. The number of amides is 3. The molecule has 0 spiro atoms. The number of benzene rings is 2. The summed E-state index contributed by atoms with van der Waals surface area (Å²) >= 11 is 5.95. The molecule has 2 aromatic carbocycles. The zero-order valence-electron chi connectivity index (χ0n) is 16.9. The molecule has 1 heterocycles. The average Bonchev–Trinajstić information content (AvgIpc) is 3.07. The second-order valence-electron chi connectivity index (χ2n) is 8.59. The molecule has 1 N–H and O–H groups in total. The van der Waals surface area contributed by atoms with E-state index >= 15 is 0 Å². The number of nitrogens with one attached hydrogen (secondary N) is 1. The van der Waals surface area contributed by atoms with E-state index in [1.165, 1.54) is 4.90 Å². The number of carbonyl (C=O) groups is 3. The summed E-state index contributed by atoms with van der Waals surface area (Å²) < 4.78 is 0. The molecule has 2 aromatic rings. The highest BCUT2D eigenvalue weighted by Gasteiger charge is 2.58. The van der Waals surface area contributed by atoms with Crippen LogP contribution in [0.4, 0.5) is 5.69 Å². The Morgan fingerprint density at radius 3 is 2.06 bits per heavy atom. The van der Waals surface area contributed by atoms with Gasteiger partial charge < -0.3 is 5.32 Å². The zero-order valence-corrected chi connectivity index (χ0v) is 17.7. The smallest absolute Gasteiger partial charge is 0.248 e. The lowest BCUT2D eigenvalue weighted by atomic mass is 9.63. The molecule has 6 heteroatoms. The van der Waals surface area contributed by atoms with Crippen LogP contribution in [0.5, 0.6) is 0 Å². The van der Waals surface area contributed by atoms with Crippen LogP contribution in [0, 0.1) is 23.7 Å². The lowest BCUT2D eigenvalue weighted by Gasteiger charge is -2.38. The molecule has 5 atom stereocenters. The third-order valence-electron chi connectivity index (χ3n) is 6.79. The van der Waals surface area contributed by atoms with Gasteiger partial charge in [0.1, 0.15) is 6.04 Å². The molecule has 4 aliphatic rings. The maximum atomic E-state index is 13.4. The molecule has 5 nitrogen and oxygen atoms in total. The Balaban J connectivity index is 1.46. The molecule has 0 aromatic heterocycles. The van der Waals surface area contributed by atoms with Gasteiger partial charge >= 0.3 is 0 Å². The van der Waals surface area contributed by atoms with E-state index < -0.39 is 6.04 Å². The summed E-state index contributed by atoms with van der Waals surface area (Å²) in [7, 11) is 0. The predicted octanol–water partition coefficient (Wildman–Crippen LogP) is 4.09. The van der Waals surface area contributed by atoms with Gasteiger partial charge in [0.25, 0.3) is 0 Å². The Labute approximate surface area is 186 Å². The fourth-order valence-electron chi connectivity index (χ4n) is 5.30. The van der Waals surface area contributed by atoms with Crippen LogP contribution in [0.3, 0.4) is 0 Å². The van der Waals surface area contributed by atoms with Crippen LogP contribution in [-0.2, 0) is 20.8 Å². The number of anilines is 1. The monoisotopic (exact) mass is 434 g/mol. The quantitative estimate of drug-likeness (QED) is 0.569. The van der Waals surface area contributed by atoms with E-state index in [0.717, 1.165) is 18.4 Å². The van der Waals surface area contributed by atoms with Gasteiger partial charge in [0.15, 0.2) is 0 Å². The number of rotatable bonds is 5. The van der Waals surface area contributed by atoms with Gasteiger partial charge in [0.05, 0.1) is 11.8 Å². The Bertz CT molecular complexity index is 1020. The van der Waals surface area contributed by atoms with Gasteiger partial charge in [-0.1, -0.05) is 54.1 Å². The summed E-state index contributed by atoms with van der Waals surface area (Å²) in [5.41, 5.74) is 1.47. The van der Waals surface area contributed by atoms with Crippen molar-refractivity contribution in [3.8, 4) is 0 Å². The van der Waals surface area contributed by atoms with E-state index in [-0.39, 0.29) is 47.8 Å². The normalized spacial score (nSPS) is 27.3. The van der Waals surface area contributed by atoms with Crippen molar-refractivity contribution in [3.63, 3.8) is 0 Å². The van der Waals surface area contributed by atoms with Crippen molar-refractivity contribution in [2.45, 2.75) is 25.3 Å². The summed E-state index contributed by atoms with van der Waals surface area (Å²) in [6.45, 7) is 0. The van der Waals surface area contributed by atoms with Crippen molar-refractivity contribution >= 4 is 35.0 Å². The van der Waals surface area contributed by atoms with Crippen molar-refractivity contribution in [1.82, 2.24) is 4.90 Å². The third-order valence-corrected chi connectivity index (χ3v) is 7.04. The molecule has 6 rings (SSSR count). The Morgan fingerprint density at radius 2 is 1.52 bits per heavy atom. The van der Waals surface area contributed by atoms with Gasteiger partial charge in [-0.25, -0.2) is 0 Å². The molecule has 158 valence electrons. The number of carbonyl (C=O) groups excluding carboxylic acids is 3. The topological polar surface area (TPSA) is 66.5 Å². The highest BCUT2D eigenvalue weighted by Crippen LogP contribution is 2.50.